The van der Waals surface area contributed by atoms with Crippen LogP contribution in [0.25, 0.3) is 0 Å². The third-order valence-electron chi connectivity index (χ3n) is 6.38. The maximum absolute atomic E-state index is 12.6. The third kappa shape index (κ3) is 5.31. The molecule has 1 aromatic carbocycles. The molecule has 1 amide bonds. The lowest BCUT2D eigenvalue weighted by Gasteiger charge is -2.35. The number of carbonyl (C=O) groups is 2. The van der Waals surface area contributed by atoms with Gasteiger partial charge in [0.15, 0.2) is 6.10 Å². The Labute approximate surface area is 180 Å². The van der Waals surface area contributed by atoms with Crippen LogP contribution in [0.5, 0.6) is 0 Å². The summed E-state index contributed by atoms with van der Waals surface area (Å²) < 4.78 is 47.9. The van der Waals surface area contributed by atoms with Crippen molar-refractivity contribution in [2.75, 3.05) is 26.2 Å². The summed E-state index contributed by atoms with van der Waals surface area (Å²) in [7, 11) is 0. The molecule has 1 saturated carbocycles. The minimum atomic E-state index is -4.57. The molecule has 0 bridgehead atoms. The molecule has 0 radical (unpaired) electrons. The average Bonchev–Trinajstić information content (AvgIpc) is 3.19. The fraction of sp³-hybridized carbons (Fsp3) is 0.636. The molecule has 0 N–H and O–H groups in total. The minimum Gasteiger partial charge on any atom is -0.456 e. The molecule has 9 heteroatoms. The molecule has 2 aliphatic rings. The monoisotopic (exact) mass is 442 g/mol. The van der Waals surface area contributed by atoms with Crippen molar-refractivity contribution in [3.8, 4) is 0 Å². The van der Waals surface area contributed by atoms with Gasteiger partial charge in [-0.2, -0.15) is 13.2 Å². The van der Waals surface area contributed by atoms with Crippen LogP contribution in [-0.4, -0.2) is 60.8 Å². The van der Waals surface area contributed by atoms with Crippen molar-refractivity contribution >= 4 is 12.6 Å². The van der Waals surface area contributed by atoms with E-state index < -0.39 is 24.0 Å². The van der Waals surface area contributed by atoms with E-state index in [9.17, 15) is 22.8 Å². The zero-order valence-corrected chi connectivity index (χ0v) is 17.9. The lowest BCUT2D eigenvalue weighted by atomic mass is 9.86. The molecule has 2 fully saturated rings. The van der Waals surface area contributed by atoms with E-state index in [2.05, 4.69) is 9.64 Å². The molecule has 31 heavy (non-hydrogen) atoms. The SMILES string of the molecule is Cc1c(CN2CCN(C(=O)OC(C)C(F)(F)F)CC2)cccc1C1(OC=O)CCCC1. The van der Waals surface area contributed by atoms with Crippen molar-refractivity contribution in [2.45, 2.75) is 64.0 Å². The lowest BCUT2D eigenvalue weighted by Crippen LogP contribution is -2.49. The number of rotatable bonds is 6. The first-order valence-corrected chi connectivity index (χ1v) is 10.6. The summed E-state index contributed by atoms with van der Waals surface area (Å²) in [6.07, 6.45) is -3.97. The first-order chi connectivity index (χ1) is 14.7. The van der Waals surface area contributed by atoms with Crippen LogP contribution in [0.15, 0.2) is 18.2 Å². The summed E-state index contributed by atoms with van der Waals surface area (Å²) in [5.74, 6) is 0. The van der Waals surface area contributed by atoms with Crippen LogP contribution in [-0.2, 0) is 26.4 Å². The first kappa shape index (κ1) is 23.4. The maximum atomic E-state index is 12.6. The van der Waals surface area contributed by atoms with E-state index in [0.29, 0.717) is 39.2 Å². The number of benzene rings is 1. The summed E-state index contributed by atoms with van der Waals surface area (Å²) in [6, 6.07) is 6.02. The van der Waals surface area contributed by atoms with Crippen LogP contribution in [0.4, 0.5) is 18.0 Å². The standard InChI is InChI=1S/C22H29F3N2O4/c1-16-18(6-5-7-19(16)21(30-15-28)8-3-4-9-21)14-26-10-12-27(13-11-26)20(29)31-17(2)22(23,24)25/h5-7,15,17H,3-4,8-14H2,1-2H3. The van der Waals surface area contributed by atoms with Crippen LogP contribution >= 0.6 is 0 Å². The van der Waals surface area contributed by atoms with Gasteiger partial charge in [-0.15, -0.1) is 0 Å². The highest BCUT2D eigenvalue weighted by Gasteiger charge is 2.41. The number of alkyl halides is 3. The molecular weight excluding hydrogens is 413 g/mol. The summed E-state index contributed by atoms with van der Waals surface area (Å²) in [4.78, 5) is 26.6. The van der Waals surface area contributed by atoms with Crippen LogP contribution in [0, 0.1) is 6.92 Å². The van der Waals surface area contributed by atoms with Gasteiger partial charge in [-0.25, -0.2) is 4.79 Å². The lowest BCUT2D eigenvalue weighted by molar-refractivity contribution is -0.200. The molecule has 0 spiro atoms. The normalized spacial score (nSPS) is 20.4. The van der Waals surface area contributed by atoms with Crippen molar-refractivity contribution < 1.29 is 32.2 Å². The van der Waals surface area contributed by atoms with Gasteiger partial charge in [-0.3, -0.25) is 9.69 Å². The summed E-state index contributed by atoms with van der Waals surface area (Å²) >= 11 is 0. The topological polar surface area (TPSA) is 59.1 Å². The third-order valence-corrected chi connectivity index (χ3v) is 6.38. The molecular formula is C22H29F3N2O4. The van der Waals surface area contributed by atoms with Crippen molar-refractivity contribution in [3.05, 3.63) is 34.9 Å². The number of amides is 1. The second-order valence-corrected chi connectivity index (χ2v) is 8.34. The second-order valence-electron chi connectivity index (χ2n) is 8.34. The number of halogens is 3. The number of piperazine rings is 1. The molecule has 1 aromatic rings. The highest BCUT2D eigenvalue weighted by Crippen LogP contribution is 2.43. The van der Waals surface area contributed by atoms with E-state index in [1.807, 2.05) is 25.1 Å². The van der Waals surface area contributed by atoms with Gasteiger partial charge in [-0.1, -0.05) is 18.2 Å². The fourth-order valence-electron chi connectivity index (χ4n) is 4.46. The molecule has 0 aromatic heterocycles. The Morgan fingerprint density at radius 1 is 1.19 bits per heavy atom. The molecule has 6 nitrogen and oxygen atoms in total. The molecule has 1 aliphatic heterocycles. The first-order valence-electron chi connectivity index (χ1n) is 10.6. The number of carbonyl (C=O) groups excluding carboxylic acids is 2. The van der Waals surface area contributed by atoms with E-state index >= 15 is 0 Å². The molecule has 1 aliphatic carbocycles. The Morgan fingerprint density at radius 2 is 1.84 bits per heavy atom. The van der Waals surface area contributed by atoms with E-state index in [4.69, 9.17) is 4.74 Å². The Bertz CT molecular complexity index is 785. The molecule has 1 heterocycles. The number of hydrogen-bond acceptors (Lipinski definition) is 5. The van der Waals surface area contributed by atoms with E-state index in [1.165, 1.54) is 4.90 Å². The largest absolute Gasteiger partial charge is 0.456 e. The van der Waals surface area contributed by atoms with E-state index in [1.54, 1.807) is 0 Å². The van der Waals surface area contributed by atoms with Gasteiger partial charge in [0.05, 0.1) is 0 Å². The molecule has 172 valence electrons. The van der Waals surface area contributed by atoms with Gasteiger partial charge in [0.25, 0.3) is 6.47 Å². The minimum absolute atomic E-state index is 0.306. The number of ether oxygens (including phenoxy) is 2. The zero-order chi connectivity index (χ0) is 22.6. The maximum Gasteiger partial charge on any atom is 0.425 e. The molecule has 3 rings (SSSR count). The highest BCUT2D eigenvalue weighted by molar-refractivity contribution is 5.68. The Morgan fingerprint density at radius 3 is 2.42 bits per heavy atom. The van der Waals surface area contributed by atoms with Gasteiger partial charge < -0.3 is 14.4 Å². The average molecular weight is 442 g/mol. The Kier molecular flexibility index (Phi) is 7.13. The quantitative estimate of drug-likeness (QED) is 0.620. The molecule has 1 unspecified atom stereocenters. The van der Waals surface area contributed by atoms with Gasteiger partial charge >= 0.3 is 12.3 Å². The Balaban J connectivity index is 1.61. The second kappa shape index (κ2) is 9.46. The zero-order valence-electron chi connectivity index (χ0n) is 17.9. The van der Waals surface area contributed by atoms with Crippen LogP contribution in [0.3, 0.4) is 0 Å². The smallest absolute Gasteiger partial charge is 0.425 e. The van der Waals surface area contributed by atoms with Gasteiger partial charge in [0.2, 0.25) is 0 Å². The Hall–Kier alpha value is -2.29. The van der Waals surface area contributed by atoms with Crippen molar-refractivity contribution in [1.82, 2.24) is 9.80 Å². The highest BCUT2D eigenvalue weighted by atomic mass is 19.4. The predicted molar refractivity (Wildman–Crippen MR) is 107 cm³/mol. The number of hydrogen-bond donors (Lipinski definition) is 0. The predicted octanol–water partition coefficient (Wildman–Crippen LogP) is 4.14. The van der Waals surface area contributed by atoms with Crippen molar-refractivity contribution in [1.29, 1.82) is 0 Å². The molecule has 1 saturated heterocycles. The van der Waals surface area contributed by atoms with E-state index in [-0.39, 0.29) is 0 Å². The summed E-state index contributed by atoms with van der Waals surface area (Å²) in [6.45, 7) is 5.74. The molecule has 1 atom stereocenters. The van der Waals surface area contributed by atoms with Crippen molar-refractivity contribution in [3.63, 3.8) is 0 Å². The van der Waals surface area contributed by atoms with Crippen LogP contribution in [0.2, 0.25) is 0 Å². The van der Waals surface area contributed by atoms with Crippen LogP contribution in [0.1, 0.15) is 49.3 Å². The summed E-state index contributed by atoms with van der Waals surface area (Å²) in [5, 5.41) is 0. The van der Waals surface area contributed by atoms with Crippen molar-refractivity contribution in [2.24, 2.45) is 0 Å². The van der Waals surface area contributed by atoms with Gasteiger partial charge in [-0.05, 0) is 56.2 Å². The van der Waals surface area contributed by atoms with Gasteiger partial charge in [0, 0.05) is 32.7 Å². The summed E-state index contributed by atoms with van der Waals surface area (Å²) in [5.41, 5.74) is 2.68. The number of nitrogens with zero attached hydrogens (tertiary/aromatic N) is 2. The van der Waals surface area contributed by atoms with E-state index in [0.717, 1.165) is 49.3 Å². The fourth-order valence-corrected chi connectivity index (χ4v) is 4.46. The van der Waals surface area contributed by atoms with Crippen LogP contribution < -0.4 is 0 Å². The van der Waals surface area contributed by atoms with Gasteiger partial charge in [0.1, 0.15) is 5.60 Å².